The Morgan fingerprint density at radius 1 is 1.00 bits per heavy atom. The summed E-state index contributed by atoms with van der Waals surface area (Å²) in [4.78, 5) is 36.2. The quantitative estimate of drug-likeness (QED) is 0.626. The molecule has 3 rings (SSSR count). The molecule has 0 aliphatic rings. The van der Waals surface area contributed by atoms with Gasteiger partial charge in [0.1, 0.15) is 24.0 Å². The fourth-order valence-corrected chi connectivity index (χ4v) is 2.38. The van der Waals surface area contributed by atoms with Crippen LogP contribution in [0.5, 0.6) is 11.5 Å². The van der Waals surface area contributed by atoms with Crippen LogP contribution in [-0.4, -0.2) is 26.9 Å². The van der Waals surface area contributed by atoms with Gasteiger partial charge in [0.05, 0.1) is 17.6 Å². The number of halogens is 1. The Kier molecular flexibility index (Phi) is 6.54. The molecule has 8 nitrogen and oxygen atoms in total. The second-order valence-electron chi connectivity index (χ2n) is 7.69. The first-order valence-electron chi connectivity index (χ1n) is 9.48. The maximum atomic E-state index is 12.6. The molecule has 0 aliphatic carbocycles. The Labute approximate surface area is 178 Å². The van der Waals surface area contributed by atoms with Crippen LogP contribution in [0.15, 0.2) is 55.0 Å². The summed E-state index contributed by atoms with van der Waals surface area (Å²) >= 11 is 0. The van der Waals surface area contributed by atoms with Gasteiger partial charge in [0.15, 0.2) is 0 Å². The number of anilines is 1. The van der Waals surface area contributed by atoms with Gasteiger partial charge < -0.3 is 4.74 Å². The molecular weight excluding hydrogens is 401 g/mol. The van der Waals surface area contributed by atoms with Crippen LogP contribution in [0.1, 0.15) is 26.5 Å². The Morgan fingerprint density at radius 2 is 1.81 bits per heavy atom. The molecule has 3 aromatic rings. The van der Waals surface area contributed by atoms with Gasteiger partial charge in [0, 0.05) is 29.4 Å². The van der Waals surface area contributed by atoms with Crippen molar-refractivity contribution < 1.29 is 18.7 Å². The maximum Gasteiger partial charge on any atom is 0.327 e. The molecule has 3 aromatic heterocycles. The Hall–Kier alpha value is -3.88. The Morgan fingerprint density at radius 3 is 2.42 bits per heavy atom. The van der Waals surface area contributed by atoms with Gasteiger partial charge >= 0.3 is 6.03 Å². The number of carbonyl (C=O) groups is 2. The van der Waals surface area contributed by atoms with Crippen molar-refractivity contribution in [3.05, 3.63) is 60.7 Å². The summed E-state index contributed by atoms with van der Waals surface area (Å²) < 4.78 is 18.4. The van der Waals surface area contributed by atoms with Crippen LogP contribution in [0.25, 0.3) is 11.3 Å². The lowest BCUT2D eigenvalue weighted by Crippen LogP contribution is -2.41. The highest BCUT2D eigenvalue weighted by Crippen LogP contribution is 2.25. The lowest BCUT2D eigenvalue weighted by molar-refractivity contribution is -0.127. The summed E-state index contributed by atoms with van der Waals surface area (Å²) in [5.41, 5.74) is 1.03. The molecule has 0 fully saturated rings. The minimum Gasteiger partial charge on any atom is -0.456 e. The van der Waals surface area contributed by atoms with Crippen molar-refractivity contribution >= 4 is 17.8 Å². The third kappa shape index (κ3) is 6.05. The fourth-order valence-electron chi connectivity index (χ4n) is 2.38. The molecule has 31 heavy (non-hydrogen) atoms. The van der Waals surface area contributed by atoms with E-state index < -0.39 is 24.0 Å². The summed E-state index contributed by atoms with van der Waals surface area (Å²) in [5, 5.41) is 4.75. The summed E-state index contributed by atoms with van der Waals surface area (Å²) in [6.45, 7) is 4.50. The Bertz CT molecular complexity index is 1060. The monoisotopic (exact) mass is 423 g/mol. The number of aromatic nitrogens is 3. The van der Waals surface area contributed by atoms with Crippen molar-refractivity contribution in [2.24, 2.45) is 5.41 Å². The van der Waals surface area contributed by atoms with Gasteiger partial charge in [-0.25, -0.2) is 14.2 Å². The first kappa shape index (κ1) is 21.8. The minimum atomic E-state index is -0.683. The molecule has 2 N–H and O–H groups in total. The van der Waals surface area contributed by atoms with Gasteiger partial charge in [-0.15, -0.1) is 0 Å². The molecule has 160 valence electrons. The largest absolute Gasteiger partial charge is 0.456 e. The molecule has 0 unspecified atom stereocenters. The predicted molar refractivity (Wildman–Crippen MR) is 113 cm³/mol. The molecule has 0 aliphatic heterocycles. The van der Waals surface area contributed by atoms with Crippen LogP contribution in [0.3, 0.4) is 0 Å². The van der Waals surface area contributed by atoms with Crippen LogP contribution in [-0.2, 0) is 11.5 Å². The van der Waals surface area contributed by atoms with Crippen molar-refractivity contribution in [3.8, 4) is 22.8 Å². The molecule has 0 bridgehead atoms. The van der Waals surface area contributed by atoms with Gasteiger partial charge in [-0.1, -0.05) is 20.8 Å². The van der Waals surface area contributed by atoms with Crippen LogP contribution < -0.4 is 15.4 Å². The van der Waals surface area contributed by atoms with Crippen molar-refractivity contribution in [2.75, 3.05) is 5.32 Å². The number of hydrogen-bond acceptors (Lipinski definition) is 6. The number of amides is 3. The smallest absolute Gasteiger partial charge is 0.327 e. The molecule has 0 spiro atoms. The number of ether oxygens (including phenoxy) is 1. The Balaban J connectivity index is 1.63. The molecule has 9 heteroatoms. The average molecular weight is 423 g/mol. The SMILES string of the molecule is CC(C)(C)C(=O)NC(=O)Nc1ccc(Oc2ccnc(-c3ccc(CF)nc3)c2)cn1. The normalized spacial score (nSPS) is 11.0. The first-order chi connectivity index (χ1) is 14.7. The van der Waals surface area contributed by atoms with E-state index in [0.29, 0.717) is 22.9 Å². The van der Waals surface area contributed by atoms with E-state index in [9.17, 15) is 14.0 Å². The zero-order valence-electron chi connectivity index (χ0n) is 17.3. The van der Waals surface area contributed by atoms with Crippen molar-refractivity contribution in [2.45, 2.75) is 27.4 Å². The number of nitrogens with zero attached hydrogens (tertiary/aromatic N) is 3. The summed E-state index contributed by atoms with van der Waals surface area (Å²) in [5.74, 6) is 0.837. The summed E-state index contributed by atoms with van der Waals surface area (Å²) in [6, 6.07) is 9.28. The zero-order valence-corrected chi connectivity index (χ0v) is 17.3. The molecule has 0 saturated heterocycles. The minimum absolute atomic E-state index is 0.265. The van der Waals surface area contributed by atoms with Gasteiger partial charge in [-0.2, -0.15) is 0 Å². The van der Waals surface area contributed by atoms with Crippen molar-refractivity contribution in [3.63, 3.8) is 0 Å². The van der Waals surface area contributed by atoms with E-state index in [1.807, 2.05) is 0 Å². The number of pyridine rings is 3. The van der Waals surface area contributed by atoms with Gasteiger partial charge in [-0.3, -0.25) is 25.4 Å². The van der Waals surface area contributed by atoms with E-state index in [1.165, 1.54) is 6.20 Å². The number of hydrogen-bond donors (Lipinski definition) is 2. The number of nitrogens with one attached hydrogen (secondary N) is 2. The average Bonchev–Trinajstić information content (AvgIpc) is 2.74. The highest BCUT2D eigenvalue weighted by Gasteiger charge is 2.23. The van der Waals surface area contributed by atoms with E-state index >= 15 is 0 Å². The maximum absolute atomic E-state index is 12.6. The van der Waals surface area contributed by atoms with Crippen molar-refractivity contribution in [1.29, 1.82) is 0 Å². The van der Waals surface area contributed by atoms with Crippen LogP contribution in [0.2, 0.25) is 0 Å². The highest BCUT2D eigenvalue weighted by atomic mass is 19.1. The molecule has 0 radical (unpaired) electrons. The standard InChI is InChI=1S/C22H22FN5O3/c1-22(2,3)20(29)28-21(30)27-19-7-6-17(13-26-19)31-16-8-9-24-18(10-16)14-4-5-15(11-23)25-12-14/h4-10,12-13H,11H2,1-3H3,(H2,26,27,28,29,30). The molecule has 0 aromatic carbocycles. The second kappa shape index (κ2) is 9.29. The van der Waals surface area contributed by atoms with Crippen LogP contribution >= 0.6 is 0 Å². The fraction of sp³-hybridized carbons (Fsp3) is 0.227. The van der Waals surface area contributed by atoms with Crippen molar-refractivity contribution in [1.82, 2.24) is 20.3 Å². The van der Waals surface area contributed by atoms with Gasteiger partial charge in [0.25, 0.3) is 0 Å². The van der Waals surface area contributed by atoms with E-state index in [0.717, 1.165) is 5.56 Å². The van der Waals surface area contributed by atoms with Gasteiger partial charge in [-0.05, 0) is 30.3 Å². The lowest BCUT2D eigenvalue weighted by Gasteiger charge is -2.16. The first-order valence-corrected chi connectivity index (χ1v) is 9.48. The van der Waals surface area contributed by atoms with Crippen LogP contribution in [0, 0.1) is 5.41 Å². The molecule has 0 atom stereocenters. The van der Waals surface area contributed by atoms with E-state index in [1.54, 1.807) is 69.6 Å². The summed E-state index contributed by atoms with van der Waals surface area (Å²) in [7, 11) is 0. The molecule has 0 saturated carbocycles. The molecule has 3 heterocycles. The lowest BCUT2D eigenvalue weighted by atomic mass is 9.96. The predicted octanol–water partition coefficient (Wildman–Crippen LogP) is 4.49. The second-order valence-corrected chi connectivity index (χ2v) is 7.69. The van der Waals surface area contributed by atoms with E-state index in [2.05, 4.69) is 25.6 Å². The number of imide groups is 1. The van der Waals surface area contributed by atoms with Gasteiger partial charge in [0.2, 0.25) is 5.91 Å². The molecule has 3 amide bonds. The van der Waals surface area contributed by atoms with Crippen LogP contribution in [0.4, 0.5) is 15.0 Å². The highest BCUT2D eigenvalue weighted by molar-refractivity contribution is 6.02. The zero-order chi connectivity index (χ0) is 22.4. The topological polar surface area (TPSA) is 106 Å². The molecular formula is C22H22FN5O3. The van der Waals surface area contributed by atoms with E-state index in [4.69, 9.17) is 4.74 Å². The number of urea groups is 1. The van der Waals surface area contributed by atoms with E-state index in [-0.39, 0.29) is 5.82 Å². The number of alkyl halides is 1. The number of rotatable bonds is 5. The third-order valence-electron chi connectivity index (χ3n) is 4.11. The summed E-state index contributed by atoms with van der Waals surface area (Å²) in [6.07, 6.45) is 4.59. The third-order valence-corrected chi connectivity index (χ3v) is 4.11. The number of carbonyl (C=O) groups excluding carboxylic acids is 2.